The quantitative estimate of drug-likeness (QED) is 0.811. The summed E-state index contributed by atoms with van der Waals surface area (Å²) in [5.41, 5.74) is 0.812. The molecule has 0 saturated heterocycles. The van der Waals surface area contributed by atoms with Gasteiger partial charge < -0.3 is 19.1 Å². The van der Waals surface area contributed by atoms with Crippen LogP contribution in [0.25, 0.3) is 11.5 Å². The molecule has 0 radical (unpaired) electrons. The van der Waals surface area contributed by atoms with Crippen LogP contribution < -0.4 is 10.2 Å². The Morgan fingerprint density at radius 2 is 2.05 bits per heavy atom. The van der Waals surface area contributed by atoms with Crippen LogP contribution in [0, 0.1) is 13.8 Å². The molecular weight excluding hydrogens is 284 g/mol. The summed E-state index contributed by atoms with van der Waals surface area (Å²) in [6, 6.07) is 2.02. The number of rotatable bonds is 6. The second-order valence-corrected chi connectivity index (χ2v) is 5.86. The highest BCUT2D eigenvalue weighted by molar-refractivity contribution is 5.77. The van der Waals surface area contributed by atoms with E-state index in [1.807, 2.05) is 40.8 Å². The minimum absolute atomic E-state index is 0.00791. The van der Waals surface area contributed by atoms with E-state index in [9.17, 15) is 4.79 Å². The molecule has 0 spiro atoms. The maximum atomic E-state index is 11.7. The van der Waals surface area contributed by atoms with Crippen molar-refractivity contribution in [2.24, 2.45) is 0 Å². The number of likely N-dealkylation sites (N-methyl/N-ethyl adjacent to an activating group) is 1. The summed E-state index contributed by atoms with van der Waals surface area (Å²) in [6.45, 7) is 8.46. The summed E-state index contributed by atoms with van der Waals surface area (Å²) in [5, 5.41) is 11.0. The van der Waals surface area contributed by atoms with Crippen LogP contribution in [0.3, 0.4) is 0 Å². The largest absolute Gasteiger partial charge is 0.466 e. The average Bonchev–Trinajstić information content (AvgIpc) is 2.94. The molecule has 0 aliphatic carbocycles. The summed E-state index contributed by atoms with van der Waals surface area (Å²) < 4.78 is 11.1. The van der Waals surface area contributed by atoms with E-state index in [1.54, 1.807) is 0 Å². The molecule has 22 heavy (non-hydrogen) atoms. The van der Waals surface area contributed by atoms with Crippen LogP contribution in [-0.4, -0.2) is 35.7 Å². The van der Waals surface area contributed by atoms with Gasteiger partial charge in [-0.15, -0.1) is 10.2 Å². The molecule has 2 aromatic rings. The summed E-state index contributed by atoms with van der Waals surface area (Å²) >= 11 is 0. The van der Waals surface area contributed by atoms with Crippen LogP contribution in [0.5, 0.6) is 0 Å². The molecule has 2 heterocycles. The van der Waals surface area contributed by atoms with Crippen LogP contribution in [0.1, 0.15) is 31.3 Å². The van der Waals surface area contributed by atoms with Crippen LogP contribution in [-0.2, 0) is 11.3 Å². The first-order valence-electron chi connectivity index (χ1n) is 7.35. The van der Waals surface area contributed by atoms with Crippen molar-refractivity contribution >= 4 is 5.91 Å². The zero-order chi connectivity index (χ0) is 16.3. The highest BCUT2D eigenvalue weighted by Crippen LogP contribution is 2.24. The van der Waals surface area contributed by atoms with Crippen molar-refractivity contribution in [2.75, 3.05) is 13.6 Å². The molecule has 120 valence electrons. The van der Waals surface area contributed by atoms with Gasteiger partial charge in [0.2, 0.25) is 0 Å². The molecule has 7 nitrogen and oxygen atoms in total. The number of nitrogens with one attached hydrogen (secondary N) is 2. The van der Waals surface area contributed by atoms with Crippen LogP contribution >= 0.6 is 0 Å². The molecule has 0 fully saturated rings. The maximum absolute atomic E-state index is 11.7. The smallest absolute Gasteiger partial charge is 0.275 e. The summed E-state index contributed by atoms with van der Waals surface area (Å²) in [5.74, 6) is 2.52. The minimum atomic E-state index is 0.00791. The Morgan fingerprint density at radius 3 is 2.64 bits per heavy atom. The number of amides is 1. The Morgan fingerprint density at radius 1 is 1.32 bits per heavy atom. The normalized spacial score (nSPS) is 12.6. The fourth-order valence-corrected chi connectivity index (χ4v) is 2.24. The van der Waals surface area contributed by atoms with Gasteiger partial charge in [0.15, 0.2) is 13.1 Å². The molecule has 2 rings (SSSR count). The molecule has 2 aromatic heterocycles. The highest BCUT2D eigenvalue weighted by atomic mass is 16.4. The number of aryl methyl sites for hydroxylation is 2. The number of furan rings is 1. The lowest BCUT2D eigenvalue weighted by Gasteiger charge is -2.13. The van der Waals surface area contributed by atoms with Crippen LogP contribution in [0.2, 0.25) is 0 Å². The zero-order valence-corrected chi connectivity index (χ0v) is 13.7. The molecule has 7 heteroatoms. The standard InChI is InChI=1S/C15H22N4O3/c1-9(2)16-13(20)7-19(5)8-14-17-18-15(22-14)12-6-10(3)21-11(12)4/h6,9H,7-8H2,1-5H3,(H,16,20)/p+1. The molecule has 0 aliphatic rings. The molecule has 2 N–H and O–H groups in total. The third kappa shape index (κ3) is 4.17. The average molecular weight is 307 g/mol. The minimum Gasteiger partial charge on any atom is -0.466 e. The van der Waals surface area contributed by atoms with Gasteiger partial charge in [-0.2, -0.15) is 0 Å². The van der Waals surface area contributed by atoms with E-state index in [2.05, 4.69) is 15.5 Å². The Labute approximate surface area is 129 Å². The molecule has 0 bridgehead atoms. The third-order valence-corrected chi connectivity index (χ3v) is 3.10. The lowest BCUT2D eigenvalue weighted by molar-refractivity contribution is -0.886. The van der Waals surface area contributed by atoms with Gasteiger partial charge in [-0.1, -0.05) is 0 Å². The van der Waals surface area contributed by atoms with Gasteiger partial charge in [-0.05, 0) is 33.8 Å². The molecule has 1 atom stereocenters. The lowest BCUT2D eigenvalue weighted by Crippen LogP contribution is -3.09. The Hall–Kier alpha value is -2.15. The molecule has 1 amide bonds. The van der Waals surface area contributed by atoms with Gasteiger partial charge in [0.05, 0.1) is 12.6 Å². The van der Waals surface area contributed by atoms with E-state index in [0.29, 0.717) is 24.9 Å². The second kappa shape index (κ2) is 6.74. The number of nitrogens with zero attached hydrogens (tertiary/aromatic N) is 2. The summed E-state index contributed by atoms with van der Waals surface area (Å²) in [4.78, 5) is 12.7. The number of aromatic nitrogens is 2. The number of carbonyl (C=O) groups excluding carboxylic acids is 1. The second-order valence-electron chi connectivity index (χ2n) is 5.86. The van der Waals surface area contributed by atoms with Gasteiger partial charge >= 0.3 is 0 Å². The van der Waals surface area contributed by atoms with Gasteiger partial charge in [0.1, 0.15) is 11.5 Å². The predicted octanol–water partition coefficient (Wildman–Crippen LogP) is 0.486. The molecule has 0 saturated carbocycles. The fourth-order valence-electron chi connectivity index (χ4n) is 2.24. The maximum Gasteiger partial charge on any atom is 0.275 e. The monoisotopic (exact) mass is 307 g/mol. The van der Waals surface area contributed by atoms with Crippen molar-refractivity contribution in [3.63, 3.8) is 0 Å². The molecule has 0 aromatic carbocycles. The summed E-state index contributed by atoms with van der Waals surface area (Å²) in [7, 11) is 1.91. The number of quaternary nitrogens is 1. The van der Waals surface area contributed by atoms with Gasteiger partial charge in [0, 0.05) is 6.04 Å². The number of carbonyl (C=O) groups is 1. The van der Waals surface area contributed by atoms with E-state index in [4.69, 9.17) is 8.83 Å². The van der Waals surface area contributed by atoms with Crippen molar-refractivity contribution < 1.29 is 18.5 Å². The Balaban J connectivity index is 1.97. The van der Waals surface area contributed by atoms with Crippen molar-refractivity contribution in [3.8, 4) is 11.5 Å². The van der Waals surface area contributed by atoms with Gasteiger partial charge in [-0.25, -0.2) is 0 Å². The predicted molar refractivity (Wildman–Crippen MR) is 80.2 cm³/mol. The Kier molecular flexibility index (Phi) is 4.97. The van der Waals surface area contributed by atoms with E-state index in [0.717, 1.165) is 22.0 Å². The zero-order valence-electron chi connectivity index (χ0n) is 13.7. The van der Waals surface area contributed by atoms with E-state index in [-0.39, 0.29) is 11.9 Å². The first kappa shape index (κ1) is 16.2. The lowest BCUT2D eigenvalue weighted by atomic mass is 10.2. The van der Waals surface area contributed by atoms with Crippen molar-refractivity contribution in [3.05, 3.63) is 23.5 Å². The topological polar surface area (TPSA) is 85.6 Å². The first-order chi connectivity index (χ1) is 10.3. The van der Waals surface area contributed by atoms with E-state index < -0.39 is 0 Å². The summed E-state index contributed by atoms with van der Waals surface area (Å²) in [6.07, 6.45) is 0. The third-order valence-electron chi connectivity index (χ3n) is 3.10. The van der Waals surface area contributed by atoms with Crippen molar-refractivity contribution in [1.29, 1.82) is 0 Å². The first-order valence-corrected chi connectivity index (χ1v) is 7.35. The van der Waals surface area contributed by atoms with Crippen LogP contribution in [0.15, 0.2) is 14.9 Å². The highest BCUT2D eigenvalue weighted by Gasteiger charge is 2.18. The Bertz CT molecular complexity index is 645. The van der Waals surface area contributed by atoms with Crippen molar-refractivity contribution in [1.82, 2.24) is 15.5 Å². The molecule has 1 unspecified atom stereocenters. The van der Waals surface area contributed by atoms with Gasteiger partial charge in [0.25, 0.3) is 17.7 Å². The molecule has 0 aliphatic heterocycles. The number of hydrogen-bond donors (Lipinski definition) is 2. The van der Waals surface area contributed by atoms with Crippen LogP contribution in [0.4, 0.5) is 0 Å². The fraction of sp³-hybridized carbons (Fsp3) is 0.533. The SMILES string of the molecule is Cc1cc(-c2nnc(C[NH+](C)CC(=O)NC(C)C)o2)c(C)o1. The van der Waals surface area contributed by atoms with Gasteiger partial charge in [-0.3, -0.25) is 4.79 Å². The number of hydrogen-bond acceptors (Lipinski definition) is 5. The van der Waals surface area contributed by atoms with E-state index in [1.165, 1.54) is 0 Å². The van der Waals surface area contributed by atoms with Crippen molar-refractivity contribution in [2.45, 2.75) is 40.3 Å². The van der Waals surface area contributed by atoms with E-state index >= 15 is 0 Å². The molecular formula is C15H23N4O3+.